The van der Waals surface area contributed by atoms with E-state index in [9.17, 15) is 12.8 Å². The maximum Gasteiger partial charge on any atom is 0.214 e. The van der Waals surface area contributed by atoms with E-state index >= 15 is 0 Å². The summed E-state index contributed by atoms with van der Waals surface area (Å²) in [6.07, 6.45) is 0.703. The summed E-state index contributed by atoms with van der Waals surface area (Å²) >= 11 is 0. The van der Waals surface area contributed by atoms with Crippen LogP contribution in [0.3, 0.4) is 0 Å². The predicted octanol–water partition coefficient (Wildman–Crippen LogP) is 0.559. The Morgan fingerprint density at radius 1 is 1.19 bits per heavy atom. The van der Waals surface area contributed by atoms with Crippen LogP contribution in [0.25, 0.3) is 0 Å². The molecule has 144 valence electrons. The molecule has 2 aliphatic rings. The Morgan fingerprint density at radius 3 is 2.54 bits per heavy atom. The molecule has 0 aromatic heterocycles. The summed E-state index contributed by atoms with van der Waals surface area (Å²) in [7, 11) is -1.34. The molecule has 3 rings (SSSR count). The van der Waals surface area contributed by atoms with Crippen molar-refractivity contribution in [2.45, 2.75) is 6.42 Å². The number of nitrogens with one attached hydrogen (secondary N) is 1. The van der Waals surface area contributed by atoms with Crippen LogP contribution < -0.4 is 10.2 Å². The number of rotatable bonds is 4. The first-order valence-corrected chi connectivity index (χ1v) is 10.5. The Balaban J connectivity index is 1.49. The summed E-state index contributed by atoms with van der Waals surface area (Å²) in [5.74, 6) is 0.810. The van der Waals surface area contributed by atoms with E-state index < -0.39 is 10.0 Å². The Morgan fingerprint density at radius 2 is 1.92 bits per heavy atom. The van der Waals surface area contributed by atoms with Gasteiger partial charge in [-0.3, -0.25) is 4.99 Å². The van der Waals surface area contributed by atoms with Crippen molar-refractivity contribution in [2.24, 2.45) is 4.99 Å². The second-order valence-electron chi connectivity index (χ2n) is 6.47. The number of guanidine groups is 1. The molecule has 0 aliphatic carbocycles. The average molecular weight is 383 g/mol. The zero-order chi connectivity index (χ0) is 18.6. The largest absolute Gasteiger partial charge is 0.366 e. The highest BCUT2D eigenvalue weighted by atomic mass is 32.2. The van der Waals surface area contributed by atoms with E-state index in [-0.39, 0.29) is 11.6 Å². The lowest BCUT2D eigenvalue weighted by molar-refractivity contribution is 0.367. The molecule has 2 saturated heterocycles. The molecule has 1 aromatic carbocycles. The number of hydrogen-bond donors (Lipinski definition) is 1. The van der Waals surface area contributed by atoms with Gasteiger partial charge in [0.15, 0.2) is 5.96 Å². The van der Waals surface area contributed by atoms with Gasteiger partial charge in [0.1, 0.15) is 5.82 Å². The van der Waals surface area contributed by atoms with Gasteiger partial charge in [-0.05, 0) is 18.6 Å². The third-order valence-electron chi connectivity index (χ3n) is 4.83. The standard InChI is InChI=1S/C17H26FN5O2S/c1-19-17(20-7-9-23-8-4-14-26(23,24)25)22-12-10-21(11-13-22)16-6-3-2-5-15(16)18/h2-3,5-6H,4,7-14H2,1H3,(H,19,20). The molecule has 26 heavy (non-hydrogen) atoms. The number of benzene rings is 1. The number of nitrogens with zero attached hydrogens (tertiary/aromatic N) is 4. The monoisotopic (exact) mass is 383 g/mol. The first-order chi connectivity index (χ1) is 12.5. The third-order valence-corrected chi connectivity index (χ3v) is 6.79. The number of hydrogen-bond acceptors (Lipinski definition) is 4. The van der Waals surface area contributed by atoms with Crippen LogP contribution in [-0.2, 0) is 10.0 Å². The van der Waals surface area contributed by atoms with Gasteiger partial charge in [-0.15, -0.1) is 0 Å². The molecule has 1 aromatic rings. The number of halogens is 1. The lowest BCUT2D eigenvalue weighted by Crippen LogP contribution is -2.53. The Hall–Kier alpha value is -1.87. The van der Waals surface area contributed by atoms with Crippen LogP contribution in [0.1, 0.15) is 6.42 Å². The normalized spacial score (nSPS) is 21.2. The minimum Gasteiger partial charge on any atom is -0.366 e. The molecule has 7 nitrogen and oxygen atoms in total. The molecule has 0 unspecified atom stereocenters. The van der Waals surface area contributed by atoms with Crippen molar-refractivity contribution in [3.05, 3.63) is 30.1 Å². The molecule has 0 saturated carbocycles. The molecule has 2 fully saturated rings. The summed E-state index contributed by atoms with van der Waals surface area (Å²) in [6, 6.07) is 6.82. The van der Waals surface area contributed by atoms with E-state index in [4.69, 9.17) is 0 Å². The Bertz CT molecular complexity index is 747. The van der Waals surface area contributed by atoms with Crippen molar-refractivity contribution in [2.75, 3.05) is 63.5 Å². The van der Waals surface area contributed by atoms with E-state index in [1.807, 2.05) is 11.0 Å². The predicted molar refractivity (Wildman–Crippen MR) is 102 cm³/mol. The molecule has 1 N–H and O–H groups in total. The van der Waals surface area contributed by atoms with Crippen molar-refractivity contribution in [1.82, 2.24) is 14.5 Å². The molecule has 9 heteroatoms. The summed E-state index contributed by atoms with van der Waals surface area (Å²) < 4.78 is 39.1. The van der Waals surface area contributed by atoms with Crippen LogP contribution in [0.4, 0.5) is 10.1 Å². The van der Waals surface area contributed by atoms with Gasteiger partial charge in [-0.25, -0.2) is 17.1 Å². The number of anilines is 1. The van der Waals surface area contributed by atoms with Gasteiger partial charge in [-0.1, -0.05) is 12.1 Å². The zero-order valence-electron chi connectivity index (χ0n) is 15.1. The van der Waals surface area contributed by atoms with E-state index in [2.05, 4.69) is 15.2 Å². The maximum atomic E-state index is 13.9. The lowest BCUT2D eigenvalue weighted by atomic mass is 10.2. The van der Waals surface area contributed by atoms with Crippen LogP contribution in [0, 0.1) is 5.82 Å². The lowest BCUT2D eigenvalue weighted by Gasteiger charge is -2.37. The van der Waals surface area contributed by atoms with Gasteiger partial charge < -0.3 is 15.1 Å². The first-order valence-electron chi connectivity index (χ1n) is 8.94. The summed E-state index contributed by atoms with van der Waals surface area (Å²) in [4.78, 5) is 8.46. The van der Waals surface area contributed by atoms with E-state index in [1.165, 1.54) is 10.4 Å². The van der Waals surface area contributed by atoms with E-state index in [0.29, 0.717) is 44.8 Å². The highest BCUT2D eigenvalue weighted by Gasteiger charge is 2.28. The zero-order valence-corrected chi connectivity index (χ0v) is 15.9. The summed E-state index contributed by atoms with van der Waals surface area (Å²) in [6.45, 7) is 4.47. The molecule has 0 radical (unpaired) electrons. The number of piperazine rings is 1. The van der Waals surface area contributed by atoms with Crippen molar-refractivity contribution in [1.29, 1.82) is 0 Å². The van der Waals surface area contributed by atoms with Crippen LogP contribution >= 0.6 is 0 Å². The molecule has 0 amide bonds. The topological polar surface area (TPSA) is 68.2 Å². The smallest absolute Gasteiger partial charge is 0.214 e. The van der Waals surface area contributed by atoms with Gasteiger partial charge in [0.05, 0.1) is 11.4 Å². The molecule has 0 atom stereocenters. The van der Waals surface area contributed by atoms with Gasteiger partial charge >= 0.3 is 0 Å². The van der Waals surface area contributed by atoms with E-state index in [1.54, 1.807) is 19.2 Å². The van der Waals surface area contributed by atoms with Crippen molar-refractivity contribution in [3.8, 4) is 0 Å². The molecule has 2 aliphatic heterocycles. The summed E-state index contributed by atoms with van der Waals surface area (Å²) in [5.41, 5.74) is 0.634. The average Bonchev–Trinajstić information content (AvgIpc) is 2.98. The van der Waals surface area contributed by atoms with Gasteiger partial charge in [0.2, 0.25) is 10.0 Å². The maximum absolute atomic E-state index is 13.9. The van der Waals surface area contributed by atoms with E-state index in [0.717, 1.165) is 19.0 Å². The Kier molecular flexibility index (Phi) is 5.98. The quantitative estimate of drug-likeness (QED) is 0.608. The fourth-order valence-electron chi connectivity index (χ4n) is 3.43. The van der Waals surface area contributed by atoms with Crippen LogP contribution in [0.15, 0.2) is 29.3 Å². The SMILES string of the molecule is CN=C(NCCN1CCCS1(=O)=O)N1CCN(c2ccccc2F)CC1. The second-order valence-corrected chi connectivity index (χ2v) is 8.56. The van der Waals surface area contributed by atoms with Crippen LogP contribution in [-0.4, -0.2) is 82.2 Å². The molecule has 0 spiro atoms. The number of sulfonamides is 1. The minimum atomic E-state index is -3.06. The first kappa shape index (κ1) is 18.9. The fourth-order valence-corrected chi connectivity index (χ4v) is 4.96. The molecular weight excluding hydrogens is 357 g/mol. The minimum absolute atomic E-state index is 0.199. The van der Waals surface area contributed by atoms with Gasteiger partial charge in [0.25, 0.3) is 0 Å². The number of para-hydroxylation sites is 1. The van der Waals surface area contributed by atoms with Crippen molar-refractivity contribution in [3.63, 3.8) is 0 Å². The fraction of sp³-hybridized carbons (Fsp3) is 0.588. The molecule has 0 bridgehead atoms. The Labute approximate surface area is 154 Å². The highest BCUT2D eigenvalue weighted by Crippen LogP contribution is 2.20. The third kappa shape index (κ3) is 4.27. The van der Waals surface area contributed by atoms with Gasteiger partial charge in [-0.2, -0.15) is 0 Å². The van der Waals surface area contributed by atoms with Crippen molar-refractivity contribution >= 4 is 21.7 Å². The van der Waals surface area contributed by atoms with Crippen LogP contribution in [0.2, 0.25) is 0 Å². The van der Waals surface area contributed by atoms with Crippen LogP contribution in [0.5, 0.6) is 0 Å². The highest BCUT2D eigenvalue weighted by molar-refractivity contribution is 7.89. The second kappa shape index (κ2) is 8.22. The molecule has 2 heterocycles. The number of aliphatic imine (C=N–C) groups is 1. The summed E-state index contributed by atoms with van der Waals surface area (Å²) in [5, 5.41) is 3.25. The molecular formula is C17H26FN5O2S. The van der Waals surface area contributed by atoms with Gasteiger partial charge in [0, 0.05) is 52.9 Å². The van der Waals surface area contributed by atoms with Crippen molar-refractivity contribution < 1.29 is 12.8 Å².